The van der Waals surface area contributed by atoms with Gasteiger partial charge in [-0.3, -0.25) is 9.59 Å². The second kappa shape index (κ2) is 10.8. The fraction of sp³-hybridized carbons (Fsp3) is 0.136. The number of nitrogens with zero attached hydrogens (tertiary/aromatic N) is 1. The number of benzene rings is 2. The van der Waals surface area contributed by atoms with Gasteiger partial charge in [-0.05, 0) is 64.5 Å². The Morgan fingerprint density at radius 3 is 2.33 bits per heavy atom. The van der Waals surface area contributed by atoms with Crippen molar-refractivity contribution in [3.63, 3.8) is 0 Å². The summed E-state index contributed by atoms with van der Waals surface area (Å²) in [6, 6.07) is 18.0. The maximum atomic E-state index is 12.6. The first-order valence-electron chi connectivity index (χ1n) is 9.15. The molecular formula is C22H20BrN3O3S. The van der Waals surface area contributed by atoms with Gasteiger partial charge in [0.25, 0.3) is 11.8 Å². The molecule has 0 saturated heterocycles. The van der Waals surface area contributed by atoms with Gasteiger partial charge in [0.15, 0.2) is 0 Å². The molecule has 8 heteroatoms. The number of nitrogens with one attached hydrogen (secondary N) is 2. The topological polar surface area (TPSA) is 80.3 Å². The van der Waals surface area contributed by atoms with Crippen LogP contribution in [-0.2, 0) is 0 Å². The summed E-state index contributed by atoms with van der Waals surface area (Å²) in [5, 5.41) is 6.43. The van der Waals surface area contributed by atoms with Crippen LogP contribution in [0.2, 0.25) is 0 Å². The van der Waals surface area contributed by atoms with Crippen molar-refractivity contribution in [2.45, 2.75) is 9.92 Å². The molecule has 2 aromatic carbocycles. The highest BCUT2D eigenvalue weighted by molar-refractivity contribution is 9.10. The van der Waals surface area contributed by atoms with Crippen molar-refractivity contribution in [1.82, 2.24) is 15.6 Å². The van der Waals surface area contributed by atoms with Crippen LogP contribution in [0.1, 0.15) is 20.7 Å². The normalized spacial score (nSPS) is 10.3. The zero-order chi connectivity index (χ0) is 21.3. The SMILES string of the molecule is COc1ccc(C(=O)NCCNC(=O)c2ccccc2Sc2ccc(Br)cn2)cc1. The van der Waals surface area contributed by atoms with Crippen molar-refractivity contribution >= 4 is 39.5 Å². The van der Waals surface area contributed by atoms with E-state index >= 15 is 0 Å². The Balaban J connectivity index is 1.52. The molecule has 0 atom stereocenters. The minimum atomic E-state index is -0.204. The molecule has 30 heavy (non-hydrogen) atoms. The Morgan fingerprint density at radius 1 is 0.967 bits per heavy atom. The lowest BCUT2D eigenvalue weighted by Gasteiger charge is -2.10. The molecule has 0 aliphatic carbocycles. The molecule has 2 N–H and O–H groups in total. The molecular weight excluding hydrogens is 466 g/mol. The molecule has 0 unspecified atom stereocenters. The van der Waals surface area contributed by atoms with Crippen molar-refractivity contribution in [2.75, 3.05) is 20.2 Å². The van der Waals surface area contributed by atoms with Gasteiger partial charge in [-0.1, -0.05) is 23.9 Å². The number of carbonyl (C=O) groups is 2. The largest absolute Gasteiger partial charge is 0.497 e. The molecule has 1 aromatic heterocycles. The number of methoxy groups -OCH3 is 1. The van der Waals surface area contributed by atoms with Crippen molar-refractivity contribution in [3.05, 3.63) is 82.5 Å². The van der Waals surface area contributed by atoms with Crippen LogP contribution in [0, 0.1) is 0 Å². The molecule has 2 amide bonds. The number of ether oxygens (including phenoxy) is 1. The molecule has 3 rings (SSSR count). The summed E-state index contributed by atoms with van der Waals surface area (Å²) in [5.41, 5.74) is 1.10. The fourth-order valence-corrected chi connectivity index (χ4v) is 3.69. The molecule has 0 bridgehead atoms. The number of hydrogen-bond acceptors (Lipinski definition) is 5. The molecule has 3 aromatic rings. The summed E-state index contributed by atoms with van der Waals surface area (Å²) >= 11 is 4.79. The standard InChI is InChI=1S/C22H20BrN3O3S/c1-29-17-9-6-15(7-10-17)21(27)24-12-13-25-22(28)18-4-2-3-5-19(18)30-20-11-8-16(23)14-26-20/h2-11,14H,12-13H2,1H3,(H,24,27)(H,25,28). The molecule has 0 saturated carbocycles. The van der Waals surface area contributed by atoms with Crippen LogP contribution in [-0.4, -0.2) is 37.0 Å². The van der Waals surface area contributed by atoms with Crippen LogP contribution in [0.5, 0.6) is 5.75 Å². The van der Waals surface area contributed by atoms with Gasteiger partial charge in [0.1, 0.15) is 10.8 Å². The molecule has 0 spiro atoms. The van der Waals surface area contributed by atoms with E-state index < -0.39 is 0 Å². The molecule has 6 nitrogen and oxygen atoms in total. The first-order chi connectivity index (χ1) is 14.6. The van der Waals surface area contributed by atoms with Crippen LogP contribution in [0.15, 0.2) is 81.3 Å². The van der Waals surface area contributed by atoms with E-state index in [-0.39, 0.29) is 11.8 Å². The average Bonchev–Trinajstić information content (AvgIpc) is 2.78. The second-order valence-corrected chi connectivity index (χ2v) is 8.13. The van der Waals surface area contributed by atoms with Gasteiger partial charge >= 0.3 is 0 Å². The lowest BCUT2D eigenvalue weighted by atomic mass is 10.2. The van der Waals surface area contributed by atoms with Crippen molar-refractivity contribution in [3.8, 4) is 5.75 Å². The van der Waals surface area contributed by atoms with Crippen LogP contribution in [0.25, 0.3) is 0 Å². The molecule has 1 heterocycles. The van der Waals surface area contributed by atoms with Crippen molar-refractivity contribution < 1.29 is 14.3 Å². The van der Waals surface area contributed by atoms with E-state index in [0.29, 0.717) is 30.0 Å². The fourth-order valence-electron chi connectivity index (χ4n) is 2.57. The van der Waals surface area contributed by atoms with Gasteiger partial charge in [-0.15, -0.1) is 0 Å². The number of carbonyl (C=O) groups excluding carboxylic acids is 2. The minimum Gasteiger partial charge on any atom is -0.497 e. The number of rotatable bonds is 8. The van der Waals surface area contributed by atoms with E-state index in [1.807, 2.05) is 30.3 Å². The number of aromatic nitrogens is 1. The number of amides is 2. The maximum absolute atomic E-state index is 12.6. The third kappa shape index (κ3) is 6.08. The molecule has 0 radical (unpaired) electrons. The molecule has 0 aliphatic rings. The van der Waals surface area contributed by atoms with Crippen LogP contribution >= 0.6 is 27.7 Å². The summed E-state index contributed by atoms with van der Waals surface area (Å²) in [6.07, 6.45) is 1.72. The minimum absolute atomic E-state index is 0.200. The van der Waals surface area contributed by atoms with E-state index in [9.17, 15) is 9.59 Å². The Kier molecular flexibility index (Phi) is 7.87. The van der Waals surface area contributed by atoms with Crippen LogP contribution < -0.4 is 15.4 Å². The predicted molar refractivity (Wildman–Crippen MR) is 120 cm³/mol. The van der Waals surface area contributed by atoms with E-state index in [1.54, 1.807) is 43.6 Å². The van der Waals surface area contributed by atoms with Crippen LogP contribution in [0.4, 0.5) is 0 Å². The van der Waals surface area contributed by atoms with Gasteiger partial charge in [-0.25, -0.2) is 4.98 Å². The van der Waals surface area contributed by atoms with E-state index in [0.717, 1.165) is 14.4 Å². The zero-order valence-corrected chi connectivity index (χ0v) is 18.6. The molecule has 0 fully saturated rings. The quantitative estimate of drug-likeness (QED) is 0.468. The monoisotopic (exact) mass is 485 g/mol. The molecule has 154 valence electrons. The highest BCUT2D eigenvalue weighted by Crippen LogP contribution is 2.29. The van der Waals surface area contributed by atoms with E-state index in [2.05, 4.69) is 31.5 Å². The van der Waals surface area contributed by atoms with Gasteiger partial charge in [0.05, 0.1) is 12.7 Å². The van der Waals surface area contributed by atoms with Gasteiger partial charge < -0.3 is 15.4 Å². The summed E-state index contributed by atoms with van der Waals surface area (Å²) in [7, 11) is 1.57. The Hall–Kier alpha value is -2.84. The number of pyridine rings is 1. The van der Waals surface area contributed by atoms with Crippen molar-refractivity contribution in [2.24, 2.45) is 0 Å². The summed E-state index contributed by atoms with van der Waals surface area (Å²) < 4.78 is 5.98. The maximum Gasteiger partial charge on any atom is 0.252 e. The van der Waals surface area contributed by atoms with Crippen molar-refractivity contribution in [1.29, 1.82) is 0 Å². The van der Waals surface area contributed by atoms with Gasteiger partial charge in [-0.2, -0.15) is 0 Å². The Bertz CT molecular complexity index is 1010. The highest BCUT2D eigenvalue weighted by Gasteiger charge is 2.12. The number of halogens is 1. The summed E-state index contributed by atoms with van der Waals surface area (Å²) in [4.78, 5) is 29.9. The lowest BCUT2D eigenvalue weighted by molar-refractivity contribution is 0.0926. The lowest BCUT2D eigenvalue weighted by Crippen LogP contribution is -2.34. The second-order valence-electron chi connectivity index (χ2n) is 6.15. The van der Waals surface area contributed by atoms with Gasteiger partial charge in [0.2, 0.25) is 0 Å². The third-order valence-electron chi connectivity index (χ3n) is 4.09. The third-order valence-corrected chi connectivity index (χ3v) is 5.59. The van der Waals surface area contributed by atoms with Gasteiger partial charge in [0, 0.05) is 34.2 Å². The summed E-state index contributed by atoms with van der Waals surface area (Å²) in [5.74, 6) is 0.284. The molecule has 0 aliphatic heterocycles. The first-order valence-corrected chi connectivity index (χ1v) is 10.8. The predicted octanol–water partition coefficient (Wildman–Crippen LogP) is 4.16. The van der Waals surface area contributed by atoms with E-state index in [4.69, 9.17) is 4.74 Å². The first kappa shape index (κ1) is 21.9. The zero-order valence-electron chi connectivity index (χ0n) is 16.2. The number of hydrogen-bond donors (Lipinski definition) is 2. The van der Waals surface area contributed by atoms with E-state index in [1.165, 1.54) is 11.8 Å². The van der Waals surface area contributed by atoms with Crippen LogP contribution in [0.3, 0.4) is 0 Å². The Morgan fingerprint density at radius 2 is 1.67 bits per heavy atom. The average molecular weight is 486 g/mol. The highest BCUT2D eigenvalue weighted by atomic mass is 79.9. The summed E-state index contributed by atoms with van der Waals surface area (Å²) in [6.45, 7) is 0.635. The Labute approximate surface area is 187 Å². The smallest absolute Gasteiger partial charge is 0.252 e.